The molecule has 1 amide bonds. The minimum absolute atomic E-state index is 0.0746. The summed E-state index contributed by atoms with van der Waals surface area (Å²) in [5.41, 5.74) is -1.49. The summed E-state index contributed by atoms with van der Waals surface area (Å²) >= 11 is 12.4. The van der Waals surface area contributed by atoms with Crippen molar-refractivity contribution in [2.75, 3.05) is 5.32 Å². The van der Waals surface area contributed by atoms with E-state index in [0.717, 1.165) is 6.07 Å². The first-order chi connectivity index (χ1) is 16.4. The first-order valence-electron chi connectivity index (χ1n) is 9.68. The maximum Gasteiger partial charge on any atom is 0.435 e. The van der Waals surface area contributed by atoms with Crippen LogP contribution in [0.3, 0.4) is 0 Å². The lowest BCUT2D eigenvalue weighted by Gasteiger charge is -2.14. The van der Waals surface area contributed by atoms with Gasteiger partial charge in [-0.3, -0.25) is 4.79 Å². The number of benzene rings is 1. The smallest absolute Gasteiger partial charge is 0.435 e. The normalized spacial score (nSPS) is 11.6. The first-order valence-corrected chi connectivity index (χ1v) is 10.4. The number of hydrogen-bond donors (Lipinski definition) is 2. The van der Waals surface area contributed by atoms with Gasteiger partial charge in [-0.15, -0.1) is 0 Å². The zero-order chi connectivity index (χ0) is 25.7. The largest absolute Gasteiger partial charge is 0.478 e. The molecule has 4 rings (SSSR count). The molecule has 3 aromatic heterocycles. The average Bonchev–Trinajstić information content (AvgIpc) is 3.23. The molecule has 0 aliphatic heterocycles. The Morgan fingerprint density at radius 2 is 1.80 bits per heavy atom. The Hall–Kier alpha value is -3.77. The van der Waals surface area contributed by atoms with E-state index in [0.29, 0.717) is 22.1 Å². The molecular formula is C21H13Cl2F3N6O3. The van der Waals surface area contributed by atoms with Crippen molar-refractivity contribution < 1.29 is 27.9 Å². The molecule has 9 nitrogen and oxygen atoms in total. The monoisotopic (exact) mass is 524 g/mol. The van der Waals surface area contributed by atoms with Gasteiger partial charge in [0, 0.05) is 12.3 Å². The Balaban J connectivity index is 1.88. The second-order valence-corrected chi connectivity index (χ2v) is 8.05. The van der Waals surface area contributed by atoms with Gasteiger partial charge in [0.15, 0.2) is 11.5 Å². The van der Waals surface area contributed by atoms with Gasteiger partial charge in [-0.2, -0.15) is 18.3 Å². The summed E-state index contributed by atoms with van der Waals surface area (Å²) in [7, 11) is 0. The third-order valence-electron chi connectivity index (χ3n) is 4.95. The van der Waals surface area contributed by atoms with Crippen molar-refractivity contribution in [1.82, 2.24) is 24.7 Å². The van der Waals surface area contributed by atoms with Crippen molar-refractivity contribution in [2.45, 2.75) is 20.0 Å². The number of carboxylic acids is 1. The lowest BCUT2D eigenvalue weighted by Crippen LogP contribution is -2.20. The molecule has 0 spiro atoms. The summed E-state index contributed by atoms with van der Waals surface area (Å²) < 4.78 is 40.8. The third-order valence-corrected chi connectivity index (χ3v) is 5.62. The molecule has 0 radical (unpaired) electrons. The molecule has 0 aliphatic carbocycles. The van der Waals surface area contributed by atoms with Crippen LogP contribution in [-0.4, -0.2) is 41.7 Å². The number of nitrogens with zero attached hydrogens (tertiary/aromatic N) is 5. The molecule has 0 unspecified atom stereocenters. The topological polar surface area (TPSA) is 123 Å². The number of anilines is 1. The van der Waals surface area contributed by atoms with Crippen LogP contribution >= 0.6 is 23.2 Å². The van der Waals surface area contributed by atoms with E-state index in [1.807, 2.05) is 0 Å². The Bertz CT molecular complexity index is 1520. The van der Waals surface area contributed by atoms with Gasteiger partial charge in [0.2, 0.25) is 0 Å². The molecule has 0 atom stereocenters. The molecule has 0 saturated carbocycles. The zero-order valence-electron chi connectivity index (χ0n) is 17.8. The van der Waals surface area contributed by atoms with Crippen LogP contribution in [0.4, 0.5) is 18.9 Å². The number of aryl methyl sites for hydroxylation is 2. The van der Waals surface area contributed by atoms with Crippen LogP contribution in [0.5, 0.6) is 0 Å². The highest BCUT2D eigenvalue weighted by molar-refractivity contribution is 6.39. The number of aromatic carboxylic acids is 1. The van der Waals surface area contributed by atoms with E-state index in [-0.39, 0.29) is 32.6 Å². The number of amides is 1. The van der Waals surface area contributed by atoms with E-state index in [4.69, 9.17) is 23.2 Å². The number of fused-ring (bicyclic) bond motifs is 1. The highest BCUT2D eigenvalue weighted by atomic mass is 35.5. The van der Waals surface area contributed by atoms with Crippen LogP contribution < -0.4 is 5.32 Å². The SMILES string of the molecule is Cc1nc2cc(C(=O)O)c(NC(=O)c3cc(C(F)(F)F)nn3-c3ncccc3Cl)c(Cl)c2nc1C. The number of nitrogens with one attached hydrogen (secondary N) is 1. The predicted molar refractivity (Wildman–Crippen MR) is 120 cm³/mol. The summed E-state index contributed by atoms with van der Waals surface area (Å²) in [6.45, 7) is 3.34. The molecule has 1 aromatic carbocycles. The maximum atomic E-state index is 13.4. The van der Waals surface area contributed by atoms with Crippen LogP contribution in [0.15, 0.2) is 30.5 Å². The van der Waals surface area contributed by atoms with E-state index in [9.17, 15) is 27.9 Å². The summed E-state index contributed by atoms with van der Waals surface area (Å²) in [6, 6.07) is 4.44. The molecule has 0 bridgehead atoms. The summed E-state index contributed by atoms with van der Waals surface area (Å²) in [5, 5.41) is 15.1. The molecule has 14 heteroatoms. The summed E-state index contributed by atoms with van der Waals surface area (Å²) in [6.07, 6.45) is -3.64. The van der Waals surface area contributed by atoms with Gasteiger partial charge < -0.3 is 10.4 Å². The number of pyridine rings is 1. The molecule has 2 N–H and O–H groups in total. The lowest BCUT2D eigenvalue weighted by molar-refractivity contribution is -0.141. The predicted octanol–water partition coefficient (Wildman–Crippen LogP) is 5.10. The average molecular weight is 525 g/mol. The van der Waals surface area contributed by atoms with Crippen molar-refractivity contribution in [3.63, 3.8) is 0 Å². The second kappa shape index (κ2) is 8.78. The summed E-state index contributed by atoms with van der Waals surface area (Å²) in [5.74, 6) is -2.84. The van der Waals surface area contributed by atoms with Crippen LogP contribution in [0, 0.1) is 13.8 Å². The molecule has 0 saturated heterocycles. The molecule has 3 heterocycles. The summed E-state index contributed by atoms with van der Waals surface area (Å²) in [4.78, 5) is 37.5. The van der Waals surface area contributed by atoms with Crippen molar-refractivity contribution in [3.05, 3.63) is 68.8 Å². The van der Waals surface area contributed by atoms with Gasteiger partial charge in [0.25, 0.3) is 5.91 Å². The number of alkyl halides is 3. The number of halogens is 5. The minimum atomic E-state index is -4.89. The Labute approximate surface area is 204 Å². The van der Waals surface area contributed by atoms with E-state index in [1.165, 1.54) is 18.3 Å². The van der Waals surface area contributed by atoms with Gasteiger partial charge in [0.1, 0.15) is 11.2 Å². The third kappa shape index (κ3) is 4.49. The fourth-order valence-corrected chi connectivity index (χ4v) is 3.66. The number of carbonyl (C=O) groups excluding carboxylic acids is 1. The fraction of sp³-hybridized carbons (Fsp3) is 0.143. The van der Waals surface area contributed by atoms with Crippen LogP contribution in [-0.2, 0) is 6.18 Å². The highest BCUT2D eigenvalue weighted by Crippen LogP contribution is 2.35. The molecule has 0 aliphatic rings. The molecule has 180 valence electrons. The Kier molecular flexibility index (Phi) is 6.11. The van der Waals surface area contributed by atoms with Crippen molar-refractivity contribution in [3.8, 4) is 5.82 Å². The Morgan fingerprint density at radius 3 is 2.43 bits per heavy atom. The van der Waals surface area contributed by atoms with Crippen LogP contribution in [0.2, 0.25) is 10.0 Å². The van der Waals surface area contributed by atoms with E-state index < -0.39 is 35.0 Å². The number of hydrogen-bond acceptors (Lipinski definition) is 6. The molecule has 0 fully saturated rings. The van der Waals surface area contributed by atoms with Gasteiger partial charge in [-0.05, 0) is 32.0 Å². The molecule has 35 heavy (non-hydrogen) atoms. The van der Waals surface area contributed by atoms with Gasteiger partial charge >= 0.3 is 12.1 Å². The van der Waals surface area contributed by atoms with E-state index in [1.54, 1.807) is 13.8 Å². The van der Waals surface area contributed by atoms with E-state index in [2.05, 4.69) is 25.4 Å². The Morgan fingerprint density at radius 1 is 1.11 bits per heavy atom. The number of rotatable bonds is 4. The first kappa shape index (κ1) is 24.4. The maximum absolute atomic E-state index is 13.4. The minimum Gasteiger partial charge on any atom is -0.478 e. The van der Waals surface area contributed by atoms with Crippen molar-refractivity contribution in [1.29, 1.82) is 0 Å². The quantitative estimate of drug-likeness (QED) is 0.380. The van der Waals surface area contributed by atoms with Gasteiger partial charge in [-0.1, -0.05) is 23.2 Å². The van der Waals surface area contributed by atoms with Crippen molar-refractivity contribution >= 4 is 51.8 Å². The number of carboxylic acid groups (broad SMARTS) is 1. The number of aromatic nitrogens is 5. The van der Waals surface area contributed by atoms with Gasteiger partial charge in [0.05, 0.1) is 38.2 Å². The van der Waals surface area contributed by atoms with Gasteiger partial charge in [-0.25, -0.2) is 24.4 Å². The standard InChI is InChI=1S/C21H13Cl2F3N6O3/c1-8-9(2)29-17-12(28-8)6-10(20(34)35)16(15(17)23)30-19(33)13-7-14(21(24,25)26)31-32(13)18-11(22)4-3-5-27-18/h3-7H,1-2H3,(H,30,33)(H,34,35). The van der Waals surface area contributed by atoms with Crippen LogP contribution in [0.1, 0.15) is 37.9 Å². The fourth-order valence-electron chi connectivity index (χ4n) is 3.17. The zero-order valence-corrected chi connectivity index (χ0v) is 19.3. The van der Waals surface area contributed by atoms with Crippen LogP contribution in [0.25, 0.3) is 16.9 Å². The number of carbonyl (C=O) groups is 2. The van der Waals surface area contributed by atoms with E-state index >= 15 is 0 Å². The second-order valence-electron chi connectivity index (χ2n) is 7.27. The molecular weight excluding hydrogens is 512 g/mol. The van der Waals surface area contributed by atoms with Crippen molar-refractivity contribution in [2.24, 2.45) is 0 Å². The lowest BCUT2D eigenvalue weighted by atomic mass is 10.1. The molecule has 4 aromatic rings. The highest BCUT2D eigenvalue weighted by Gasteiger charge is 2.37.